The number of hydrogen-bond donors (Lipinski definition) is 2. The van der Waals surface area contributed by atoms with E-state index in [4.69, 9.17) is 5.26 Å². The molecule has 2 N–H and O–H groups in total. The van der Waals surface area contributed by atoms with Gasteiger partial charge >= 0.3 is 0 Å². The zero-order valence-electron chi connectivity index (χ0n) is 12.2. The van der Waals surface area contributed by atoms with Crippen molar-refractivity contribution in [2.24, 2.45) is 0 Å². The highest BCUT2D eigenvalue weighted by atomic mass is 32.2. The number of hydrogen-bond acceptors (Lipinski definition) is 4. The van der Waals surface area contributed by atoms with E-state index in [-0.39, 0.29) is 16.1 Å². The summed E-state index contributed by atoms with van der Waals surface area (Å²) >= 11 is 0. The first-order chi connectivity index (χ1) is 11.5. The summed E-state index contributed by atoms with van der Waals surface area (Å²) in [5, 5.41) is 8.73. The molecule has 2 heterocycles. The summed E-state index contributed by atoms with van der Waals surface area (Å²) in [6.07, 6.45) is 4.35. The van der Waals surface area contributed by atoms with Crippen LogP contribution in [-0.4, -0.2) is 18.4 Å². The normalized spacial score (nSPS) is 11.0. The van der Waals surface area contributed by atoms with E-state index in [0.29, 0.717) is 11.3 Å². The Bertz CT molecular complexity index is 1020. The Morgan fingerprint density at radius 2 is 2.04 bits per heavy atom. The Labute approximate surface area is 137 Å². The topological polar surface area (TPSA) is 98.6 Å². The number of anilines is 1. The number of H-pyrrole nitrogens is 1. The van der Waals surface area contributed by atoms with Crippen molar-refractivity contribution in [3.8, 4) is 17.3 Å². The largest absolute Gasteiger partial charge is 0.366 e. The monoisotopic (exact) mass is 342 g/mol. The summed E-state index contributed by atoms with van der Waals surface area (Å²) in [6.45, 7) is 0. The minimum absolute atomic E-state index is 0.0510. The van der Waals surface area contributed by atoms with Crippen LogP contribution in [0.4, 0.5) is 10.1 Å². The molecule has 0 aliphatic heterocycles. The average molecular weight is 342 g/mol. The molecule has 8 heteroatoms. The van der Waals surface area contributed by atoms with Gasteiger partial charge in [-0.3, -0.25) is 9.71 Å². The number of nitrogens with zero attached hydrogens (tertiary/aromatic N) is 2. The summed E-state index contributed by atoms with van der Waals surface area (Å²) in [5.74, 6) is -0.826. The quantitative estimate of drug-likeness (QED) is 0.761. The fourth-order valence-corrected chi connectivity index (χ4v) is 3.40. The van der Waals surface area contributed by atoms with Crippen LogP contribution in [-0.2, 0) is 10.0 Å². The average Bonchev–Trinajstić information content (AvgIpc) is 3.08. The van der Waals surface area contributed by atoms with E-state index in [9.17, 15) is 12.8 Å². The highest BCUT2D eigenvalue weighted by Crippen LogP contribution is 2.27. The lowest BCUT2D eigenvalue weighted by molar-refractivity contribution is 0.599. The Kier molecular flexibility index (Phi) is 4.02. The number of nitriles is 1. The van der Waals surface area contributed by atoms with E-state index < -0.39 is 15.8 Å². The molecule has 6 nitrogen and oxygen atoms in total. The SMILES string of the molecule is N#Cc1ccc(NS(=O)(=O)c2c[nH]cc2-c2ccccn2)c(F)c1. The molecule has 0 fully saturated rings. The fraction of sp³-hybridized carbons (Fsp3) is 0. The van der Waals surface area contributed by atoms with Crippen molar-refractivity contribution < 1.29 is 12.8 Å². The van der Waals surface area contributed by atoms with E-state index in [1.807, 2.05) is 0 Å². The lowest BCUT2D eigenvalue weighted by atomic mass is 10.2. The van der Waals surface area contributed by atoms with Gasteiger partial charge in [-0.2, -0.15) is 5.26 Å². The molecular weight excluding hydrogens is 331 g/mol. The van der Waals surface area contributed by atoms with Gasteiger partial charge in [-0.1, -0.05) is 6.07 Å². The molecule has 0 saturated carbocycles. The van der Waals surface area contributed by atoms with E-state index >= 15 is 0 Å². The predicted molar refractivity (Wildman–Crippen MR) is 85.9 cm³/mol. The number of aromatic nitrogens is 2. The third-order valence-electron chi connectivity index (χ3n) is 3.28. The molecule has 0 aliphatic rings. The molecule has 3 aromatic rings. The summed E-state index contributed by atoms with van der Waals surface area (Å²) < 4.78 is 41.3. The molecule has 3 rings (SSSR count). The van der Waals surface area contributed by atoms with Crippen molar-refractivity contribution in [3.05, 3.63) is 66.4 Å². The van der Waals surface area contributed by atoms with Crippen molar-refractivity contribution in [2.45, 2.75) is 4.90 Å². The van der Waals surface area contributed by atoms with Crippen LogP contribution in [0.15, 0.2) is 59.9 Å². The third-order valence-corrected chi connectivity index (χ3v) is 4.69. The van der Waals surface area contributed by atoms with Gasteiger partial charge in [0.2, 0.25) is 0 Å². The lowest BCUT2D eigenvalue weighted by Crippen LogP contribution is -2.14. The predicted octanol–water partition coefficient (Wildman–Crippen LogP) is 2.89. The zero-order chi connectivity index (χ0) is 17.2. The van der Waals surface area contributed by atoms with Gasteiger partial charge in [0, 0.05) is 24.2 Å². The number of rotatable bonds is 4. The second-order valence-corrected chi connectivity index (χ2v) is 6.51. The second kappa shape index (κ2) is 6.14. The van der Waals surface area contributed by atoms with Crippen molar-refractivity contribution in [2.75, 3.05) is 4.72 Å². The number of pyridine rings is 1. The minimum Gasteiger partial charge on any atom is -0.366 e. The Morgan fingerprint density at radius 3 is 2.71 bits per heavy atom. The molecule has 0 radical (unpaired) electrons. The van der Waals surface area contributed by atoms with Gasteiger partial charge in [-0.05, 0) is 30.3 Å². The molecule has 2 aromatic heterocycles. The van der Waals surface area contributed by atoms with Crippen LogP contribution in [0, 0.1) is 17.1 Å². The fourth-order valence-electron chi connectivity index (χ4n) is 2.16. The zero-order valence-corrected chi connectivity index (χ0v) is 13.0. The molecule has 0 atom stereocenters. The van der Waals surface area contributed by atoms with Gasteiger partial charge in [0.05, 0.1) is 23.0 Å². The van der Waals surface area contributed by atoms with Crippen molar-refractivity contribution >= 4 is 15.7 Å². The maximum Gasteiger partial charge on any atom is 0.264 e. The van der Waals surface area contributed by atoms with E-state index in [1.54, 1.807) is 30.5 Å². The van der Waals surface area contributed by atoms with Gasteiger partial charge in [0.25, 0.3) is 10.0 Å². The van der Waals surface area contributed by atoms with Crippen LogP contribution in [0.5, 0.6) is 0 Å². The number of halogens is 1. The highest BCUT2D eigenvalue weighted by Gasteiger charge is 2.22. The van der Waals surface area contributed by atoms with E-state index in [0.717, 1.165) is 6.07 Å². The summed E-state index contributed by atoms with van der Waals surface area (Å²) in [5.41, 5.74) is 0.713. The van der Waals surface area contributed by atoms with Gasteiger partial charge in [0.15, 0.2) is 0 Å². The van der Waals surface area contributed by atoms with E-state index in [1.165, 1.54) is 24.5 Å². The molecule has 0 bridgehead atoms. The maximum absolute atomic E-state index is 13.9. The Hall–Kier alpha value is -3.18. The first-order valence-electron chi connectivity index (χ1n) is 6.82. The van der Waals surface area contributed by atoms with Crippen LogP contribution < -0.4 is 4.72 Å². The van der Waals surface area contributed by atoms with Crippen LogP contribution in [0.25, 0.3) is 11.3 Å². The highest BCUT2D eigenvalue weighted by molar-refractivity contribution is 7.92. The molecule has 1 aromatic carbocycles. The molecule has 0 saturated heterocycles. The van der Waals surface area contributed by atoms with Gasteiger partial charge in [-0.15, -0.1) is 0 Å². The lowest BCUT2D eigenvalue weighted by Gasteiger charge is -2.09. The Balaban J connectivity index is 1.99. The van der Waals surface area contributed by atoms with Crippen molar-refractivity contribution in [3.63, 3.8) is 0 Å². The first-order valence-corrected chi connectivity index (χ1v) is 8.30. The van der Waals surface area contributed by atoms with Crippen molar-refractivity contribution in [1.82, 2.24) is 9.97 Å². The van der Waals surface area contributed by atoms with E-state index in [2.05, 4.69) is 14.7 Å². The molecule has 0 aliphatic carbocycles. The molecular formula is C16H11FN4O2S. The first kappa shape index (κ1) is 15.7. The molecule has 0 unspecified atom stereocenters. The molecule has 120 valence electrons. The van der Waals surface area contributed by atoms with Gasteiger partial charge in [0.1, 0.15) is 10.7 Å². The summed E-state index contributed by atoms with van der Waals surface area (Å²) in [7, 11) is -4.04. The number of aromatic amines is 1. The van der Waals surface area contributed by atoms with Crippen LogP contribution in [0.3, 0.4) is 0 Å². The number of benzene rings is 1. The number of sulfonamides is 1. The summed E-state index contributed by atoms with van der Waals surface area (Å²) in [6, 6.07) is 10.4. The number of nitrogens with one attached hydrogen (secondary N) is 2. The van der Waals surface area contributed by atoms with Crippen LogP contribution >= 0.6 is 0 Å². The second-order valence-electron chi connectivity index (χ2n) is 4.86. The molecule has 0 amide bonds. The smallest absolute Gasteiger partial charge is 0.264 e. The van der Waals surface area contributed by atoms with Gasteiger partial charge in [-0.25, -0.2) is 12.8 Å². The molecule has 0 spiro atoms. The standard InChI is InChI=1S/C16H11FN4O2S/c17-13-7-11(8-18)4-5-15(13)21-24(22,23)16-10-19-9-12(16)14-3-1-2-6-20-14/h1-7,9-10,19,21H. The maximum atomic E-state index is 13.9. The third kappa shape index (κ3) is 2.98. The van der Waals surface area contributed by atoms with Crippen LogP contribution in [0.1, 0.15) is 5.56 Å². The van der Waals surface area contributed by atoms with Crippen molar-refractivity contribution in [1.29, 1.82) is 5.26 Å². The Morgan fingerprint density at radius 1 is 1.21 bits per heavy atom. The molecule has 24 heavy (non-hydrogen) atoms. The minimum atomic E-state index is -4.04. The van der Waals surface area contributed by atoms with Gasteiger partial charge < -0.3 is 4.98 Å². The summed E-state index contributed by atoms with van der Waals surface area (Å²) in [4.78, 5) is 6.79. The van der Waals surface area contributed by atoms with Crippen LogP contribution in [0.2, 0.25) is 0 Å².